The number of nitrogens with zero attached hydrogens (tertiary/aromatic N) is 1. The molecule has 0 radical (unpaired) electrons. The molecule has 5 heteroatoms. The largest absolute Gasteiger partial charge is 0.508 e. The number of phenolic OH excluding ortho intramolecular Hbond substituents is 1. The summed E-state index contributed by atoms with van der Waals surface area (Å²) in [5.41, 5.74) is 2.09. The Kier molecular flexibility index (Phi) is 6.01. The van der Waals surface area contributed by atoms with Crippen molar-refractivity contribution >= 4 is 17.5 Å². The average Bonchev–Trinajstić information content (AvgIpc) is 3.22. The predicted octanol–water partition coefficient (Wildman–Crippen LogP) is 3.86. The molecule has 3 rings (SSSR count). The number of halogens is 1. The minimum absolute atomic E-state index is 0.00466. The van der Waals surface area contributed by atoms with Gasteiger partial charge in [0.05, 0.1) is 5.92 Å². The molecule has 4 nitrogen and oxygen atoms in total. The Morgan fingerprint density at radius 1 is 1.25 bits per heavy atom. The van der Waals surface area contributed by atoms with Crippen molar-refractivity contribution in [3.05, 3.63) is 64.7 Å². The van der Waals surface area contributed by atoms with Gasteiger partial charge in [-0.1, -0.05) is 61.8 Å². The molecule has 0 aliphatic heterocycles. The summed E-state index contributed by atoms with van der Waals surface area (Å²) < 4.78 is 0. The molecule has 0 spiro atoms. The van der Waals surface area contributed by atoms with Crippen molar-refractivity contribution < 1.29 is 9.90 Å². The maximum atomic E-state index is 12.9. The number of carbonyl (C=O) groups excluding carboxylic acids is 1. The van der Waals surface area contributed by atoms with Crippen molar-refractivity contribution in [1.82, 2.24) is 10.2 Å². The molecule has 4 atom stereocenters. The van der Waals surface area contributed by atoms with Gasteiger partial charge in [-0.05, 0) is 49.7 Å². The SMILES string of the molecule is C[C@H]1[C@@H](C(=O)NC[C@H](Cc2ccc(O)cc2Cl)N(C)C)[C@@]1(C)c1ccccc1. The van der Waals surface area contributed by atoms with Gasteiger partial charge in [-0.15, -0.1) is 0 Å². The van der Waals surface area contributed by atoms with E-state index < -0.39 is 0 Å². The third-order valence-electron chi connectivity index (χ3n) is 6.40. The number of likely N-dealkylation sites (N-methyl/N-ethyl adjacent to an activating group) is 1. The number of hydrogen-bond acceptors (Lipinski definition) is 3. The lowest BCUT2D eigenvalue weighted by atomic mass is 9.94. The van der Waals surface area contributed by atoms with Crippen LogP contribution in [-0.2, 0) is 16.6 Å². The van der Waals surface area contributed by atoms with Crippen molar-refractivity contribution in [3.63, 3.8) is 0 Å². The van der Waals surface area contributed by atoms with E-state index in [1.165, 1.54) is 5.56 Å². The molecule has 1 amide bonds. The van der Waals surface area contributed by atoms with Crippen LogP contribution in [0.1, 0.15) is 25.0 Å². The predicted molar refractivity (Wildman–Crippen MR) is 114 cm³/mol. The number of amides is 1. The van der Waals surface area contributed by atoms with Crippen LogP contribution in [-0.4, -0.2) is 42.6 Å². The van der Waals surface area contributed by atoms with Crippen LogP contribution in [0.2, 0.25) is 5.02 Å². The highest BCUT2D eigenvalue weighted by atomic mass is 35.5. The monoisotopic (exact) mass is 400 g/mol. The molecule has 1 fully saturated rings. The zero-order chi connectivity index (χ0) is 20.5. The van der Waals surface area contributed by atoms with Gasteiger partial charge in [0.2, 0.25) is 5.91 Å². The zero-order valence-electron chi connectivity index (χ0n) is 16.9. The van der Waals surface area contributed by atoms with Crippen molar-refractivity contribution in [2.75, 3.05) is 20.6 Å². The van der Waals surface area contributed by atoms with Crippen LogP contribution < -0.4 is 5.32 Å². The highest BCUT2D eigenvalue weighted by molar-refractivity contribution is 6.31. The molecule has 0 heterocycles. The van der Waals surface area contributed by atoms with Gasteiger partial charge in [-0.2, -0.15) is 0 Å². The van der Waals surface area contributed by atoms with Gasteiger partial charge < -0.3 is 15.3 Å². The van der Waals surface area contributed by atoms with E-state index in [0.29, 0.717) is 23.9 Å². The van der Waals surface area contributed by atoms with E-state index in [1.54, 1.807) is 12.1 Å². The highest BCUT2D eigenvalue weighted by Gasteiger charge is 2.62. The van der Waals surface area contributed by atoms with Crippen LogP contribution in [0.4, 0.5) is 0 Å². The molecule has 0 bridgehead atoms. The first kappa shape index (κ1) is 20.7. The van der Waals surface area contributed by atoms with Crippen LogP contribution in [0.5, 0.6) is 5.75 Å². The topological polar surface area (TPSA) is 52.6 Å². The first-order valence-electron chi connectivity index (χ1n) is 9.72. The van der Waals surface area contributed by atoms with Crippen molar-refractivity contribution in [1.29, 1.82) is 0 Å². The molecular weight excluding hydrogens is 372 g/mol. The lowest BCUT2D eigenvalue weighted by molar-refractivity contribution is -0.123. The normalized spacial score (nSPS) is 24.8. The number of rotatable bonds is 7. The third-order valence-corrected chi connectivity index (χ3v) is 6.75. The molecule has 1 aliphatic carbocycles. The van der Waals surface area contributed by atoms with Gasteiger partial charge in [-0.25, -0.2) is 0 Å². The zero-order valence-corrected chi connectivity index (χ0v) is 17.7. The summed E-state index contributed by atoms with van der Waals surface area (Å²) in [6.07, 6.45) is 0.697. The maximum absolute atomic E-state index is 12.9. The Hall–Kier alpha value is -2.04. The molecule has 2 aromatic rings. The molecule has 0 saturated heterocycles. The summed E-state index contributed by atoms with van der Waals surface area (Å²) in [5, 5.41) is 13.2. The Balaban J connectivity index is 1.63. The molecular formula is C23H29ClN2O2. The second-order valence-corrected chi connectivity index (χ2v) is 8.66. The fourth-order valence-electron chi connectivity index (χ4n) is 4.19. The minimum Gasteiger partial charge on any atom is -0.508 e. The van der Waals surface area contributed by atoms with E-state index in [2.05, 4.69) is 36.2 Å². The molecule has 0 unspecified atom stereocenters. The first-order valence-corrected chi connectivity index (χ1v) is 10.1. The fourth-order valence-corrected chi connectivity index (χ4v) is 4.44. The molecule has 2 N–H and O–H groups in total. The standard InChI is InChI=1S/C23H29ClN2O2/c1-15-21(23(15,2)17-8-6-5-7-9-17)22(28)25-14-18(26(3)4)12-16-10-11-19(27)13-20(16)24/h5-11,13,15,18,21,27H,12,14H2,1-4H3,(H,25,28)/t15-,18-,21-,23+/m0/s1. The first-order chi connectivity index (χ1) is 13.2. The summed E-state index contributed by atoms with van der Waals surface area (Å²) in [4.78, 5) is 15.0. The van der Waals surface area contributed by atoms with E-state index in [4.69, 9.17) is 11.6 Å². The van der Waals surface area contributed by atoms with Crippen molar-refractivity contribution in [2.24, 2.45) is 11.8 Å². The maximum Gasteiger partial charge on any atom is 0.224 e. The number of carbonyl (C=O) groups is 1. The Bertz CT molecular complexity index is 840. The number of nitrogens with one attached hydrogen (secondary N) is 1. The van der Waals surface area contributed by atoms with Crippen molar-refractivity contribution in [2.45, 2.75) is 31.7 Å². The summed E-state index contributed by atoms with van der Waals surface area (Å²) in [5.74, 6) is 0.586. The molecule has 150 valence electrons. The molecule has 1 aliphatic rings. The molecule has 28 heavy (non-hydrogen) atoms. The summed E-state index contributed by atoms with van der Waals surface area (Å²) in [6.45, 7) is 4.88. The van der Waals surface area contributed by atoms with E-state index in [-0.39, 0.29) is 29.0 Å². The summed E-state index contributed by atoms with van der Waals surface area (Å²) in [6, 6.07) is 15.4. The van der Waals surface area contributed by atoms with E-state index >= 15 is 0 Å². The molecule has 2 aromatic carbocycles. The minimum atomic E-state index is -0.0980. The van der Waals surface area contributed by atoms with Gasteiger partial charge in [0, 0.05) is 23.0 Å². The number of hydrogen-bond donors (Lipinski definition) is 2. The fraction of sp³-hybridized carbons (Fsp3) is 0.435. The van der Waals surface area contributed by atoms with E-state index in [1.807, 2.05) is 38.4 Å². The van der Waals surface area contributed by atoms with Gasteiger partial charge in [0.15, 0.2) is 0 Å². The lowest BCUT2D eigenvalue weighted by Gasteiger charge is -2.25. The number of aromatic hydroxyl groups is 1. The second-order valence-electron chi connectivity index (χ2n) is 8.26. The lowest BCUT2D eigenvalue weighted by Crippen LogP contribution is -2.42. The van der Waals surface area contributed by atoms with Crippen LogP contribution in [0.15, 0.2) is 48.5 Å². The molecule has 0 aromatic heterocycles. The van der Waals surface area contributed by atoms with Gasteiger partial charge in [0.25, 0.3) is 0 Å². The van der Waals surface area contributed by atoms with Gasteiger partial charge >= 0.3 is 0 Å². The number of phenols is 1. The van der Waals surface area contributed by atoms with Gasteiger partial charge in [0.1, 0.15) is 5.75 Å². The van der Waals surface area contributed by atoms with Crippen LogP contribution in [0.3, 0.4) is 0 Å². The van der Waals surface area contributed by atoms with Crippen LogP contribution in [0, 0.1) is 11.8 Å². The summed E-state index contributed by atoms with van der Waals surface area (Å²) >= 11 is 6.26. The number of benzene rings is 2. The summed E-state index contributed by atoms with van der Waals surface area (Å²) in [7, 11) is 4.00. The second kappa shape index (κ2) is 8.14. The van der Waals surface area contributed by atoms with E-state index in [9.17, 15) is 9.90 Å². The Morgan fingerprint density at radius 3 is 2.54 bits per heavy atom. The molecule has 1 saturated carbocycles. The smallest absolute Gasteiger partial charge is 0.224 e. The van der Waals surface area contributed by atoms with Crippen LogP contribution >= 0.6 is 11.6 Å². The van der Waals surface area contributed by atoms with Crippen molar-refractivity contribution in [3.8, 4) is 5.75 Å². The average molecular weight is 401 g/mol. The Labute approximate surface area is 172 Å². The third kappa shape index (κ3) is 4.03. The Morgan fingerprint density at radius 2 is 1.93 bits per heavy atom. The van der Waals surface area contributed by atoms with Gasteiger partial charge in [-0.3, -0.25) is 4.79 Å². The van der Waals surface area contributed by atoms with Crippen LogP contribution in [0.25, 0.3) is 0 Å². The quantitative estimate of drug-likeness (QED) is 0.742. The highest BCUT2D eigenvalue weighted by Crippen LogP contribution is 2.59. The van der Waals surface area contributed by atoms with E-state index in [0.717, 1.165) is 5.56 Å².